The molecule has 2 atom stereocenters. The topological polar surface area (TPSA) is 123 Å². The van der Waals surface area contributed by atoms with Gasteiger partial charge in [0, 0.05) is 36.5 Å². The lowest BCUT2D eigenvalue weighted by atomic mass is 10.00. The second-order valence-corrected chi connectivity index (χ2v) is 11.2. The minimum Gasteiger partial charge on any atom is -0.361 e. The number of H-pyrrole nitrogens is 1. The van der Waals surface area contributed by atoms with E-state index in [4.69, 9.17) is 0 Å². The summed E-state index contributed by atoms with van der Waals surface area (Å²) in [5.41, 5.74) is 6.26. The standard InChI is InChI=1S/C35H39N5O4/c1-3-25-15-14-24(16-26(25)4-2)19-37-34(43)30(18-27-20-36-29-13-9-8-12-28(27)29)38-32(41)21-40-22-33(42)39-31(35(40)44)17-23-10-6-5-7-11-23/h5-16,20,30-31,36H,3-4,17-19,21-22H2,1-2H3,(H,37,43)(H,38,41)(H,39,42). The monoisotopic (exact) mass is 593 g/mol. The largest absolute Gasteiger partial charge is 0.361 e. The highest BCUT2D eigenvalue weighted by Crippen LogP contribution is 2.20. The van der Waals surface area contributed by atoms with Gasteiger partial charge in [0.15, 0.2) is 0 Å². The molecule has 44 heavy (non-hydrogen) atoms. The van der Waals surface area contributed by atoms with Crippen LogP contribution in [0, 0.1) is 0 Å². The second kappa shape index (κ2) is 14.0. The van der Waals surface area contributed by atoms with E-state index in [0.29, 0.717) is 13.0 Å². The van der Waals surface area contributed by atoms with Crippen molar-refractivity contribution in [3.63, 3.8) is 0 Å². The SMILES string of the molecule is CCc1ccc(CNC(=O)C(Cc2c[nH]c3ccccc23)NC(=O)CN2CC(=O)NC(Cc3ccccc3)C2=O)cc1CC. The lowest BCUT2D eigenvalue weighted by Crippen LogP contribution is -2.61. The summed E-state index contributed by atoms with van der Waals surface area (Å²) in [5, 5.41) is 9.56. The van der Waals surface area contributed by atoms with E-state index in [-0.39, 0.29) is 37.2 Å². The van der Waals surface area contributed by atoms with Crippen molar-refractivity contribution in [2.24, 2.45) is 0 Å². The molecule has 1 saturated heterocycles. The van der Waals surface area contributed by atoms with Crippen molar-refractivity contribution in [3.05, 3.63) is 107 Å². The number of piperazine rings is 1. The van der Waals surface area contributed by atoms with E-state index >= 15 is 0 Å². The molecule has 5 rings (SSSR count). The fourth-order valence-electron chi connectivity index (χ4n) is 5.81. The van der Waals surface area contributed by atoms with E-state index in [1.54, 1.807) is 0 Å². The molecule has 2 unspecified atom stereocenters. The smallest absolute Gasteiger partial charge is 0.246 e. The Hall–Kier alpha value is -4.92. The predicted octanol–water partition coefficient (Wildman–Crippen LogP) is 3.21. The van der Waals surface area contributed by atoms with E-state index in [0.717, 1.165) is 40.4 Å². The first-order valence-corrected chi connectivity index (χ1v) is 15.2. The Bertz CT molecular complexity index is 1650. The molecule has 9 heteroatoms. The van der Waals surface area contributed by atoms with Crippen molar-refractivity contribution in [1.82, 2.24) is 25.8 Å². The van der Waals surface area contributed by atoms with Crippen LogP contribution in [0.5, 0.6) is 0 Å². The Balaban J connectivity index is 1.29. The molecule has 1 fully saturated rings. The number of hydrogen-bond acceptors (Lipinski definition) is 4. The lowest BCUT2D eigenvalue weighted by Gasteiger charge is -2.32. The highest BCUT2D eigenvalue weighted by Gasteiger charge is 2.34. The Morgan fingerprint density at radius 2 is 1.66 bits per heavy atom. The first-order valence-electron chi connectivity index (χ1n) is 15.2. The fourth-order valence-corrected chi connectivity index (χ4v) is 5.81. The van der Waals surface area contributed by atoms with E-state index < -0.39 is 18.0 Å². The molecule has 1 aromatic heterocycles. The van der Waals surface area contributed by atoms with Gasteiger partial charge in [0.1, 0.15) is 25.2 Å². The molecular weight excluding hydrogens is 554 g/mol. The van der Waals surface area contributed by atoms with Crippen LogP contribution in [-0.2, 0) is 51.4 Å². The normalized spacial score (nSPS) is 15.6. The van der Waals surface area contributed by atoms with Gasteiger partial charge >= 0.3 is 0 Å². The van der Waals surface area contributed by atoms with Gasteiger partial charge in [-0.05, 0) is 46.7 Å². The quantitative estimate of drug-likeness (QED) is 0.201. The number of benzene rings is 3. The number of hydrogen-bond donors (Lipinski definition) is 4. The third-order valence-corrected chi connectivity index (χ3v) is 8.15. The van der Waals surface area contributed by atoms with Crippen molar-refractivity contribution in [2.75, 3.05) is 13.1 Å². The van der Waals surface area contributed by atoms with Crippen LogP contribution in [0.3, 0.4) is 0 Å². The van der Waals surface area contributed by atoms with E-state index in [1.807, 2.05) is 66.9 Å². The molecule has 4 amide bonds. The predicted molar refractivity (Wildman–Crippen MR) is 170 cm³/mol. The van der Waals surface area contributed by atoms with Gasteiger partial charge in [-0.25, -0.2) is 0 Å². The van der Waals surface area contributed by atoms with Crippen LogP contribution >= 0.6 is 0 Å². The number of para-hydroxylation sites is 1. The summed E-state index contributed by atoms with van der Waals surface area (Å²) in [6, 6.07) is 21.8. The Labute approximate surface area is 257 Å². The van der Waals surface area contributed by atoms with Gasteiger partial charge in [-0.15, -0.1) is 0 Å². The number of carbonyl (C=O) groups is 4. The maximum atomic E-state index is 13.6. The van der Waals surface area contributed by atoms with Crippen LogP contribution in [0.25, 0.3) is 10.9 Å². The average Bonchev–Trinajstić information content (AvgIpc) is 3.44. The van der Waals surface area contributed by atoms with Gasteiger partial charge in [-0.3, -0.25) is 19.2 Å². The highest BCUT2D eigenvalue weighted by molar-refractivity contribution is 5.98. The molecule has 1 aliphatic rings. The van der Waals surface area contributed by atoms with Gasteiger partial charge < -0.3 is 25.8 Å². The third kappa shape index (κ3) is 7.34. The van der Waals surface area contributed by atoms with E-state index in [2.05, 4.69) is 46.9 Å². The summed E-state index contributed by atoms with van der Waals surface area (Å²) < 4.78 is 0. The van der Waals surface area contributed by atoms with Crippen LogP contribution in [0.1, 0.15) is 41.7 Å². The molecule has 0 saturated carbocycles. The molecule has 0 aliphatic carbocycles. The molecule has 0 spiro atoms. The van der Waals surface area contributed by atoms with Crippen LogP contribution in [0.15, 0.2) is 79.0 Å². The number of nitrogens with one attached hydrogen (secondary N) is 4. The van der Waals surface area contributed by atoms with Crippen LogP contribution in [0.4, 0.5) is 0 Å². The molecule has 0 bridgehead atoms. The summed E-state index contributed by atoms with van der Waals surface area (Å²) in [5.74, 6) is -1.49. The van der Waals surface area contributed by atoms with E-state index in [9.17, 15) is 19.2 Å². The summed E-state index contributed by atoms with van der Waals surface area (Å²) in [6.07, 6.45) is 4.28. The number of aromatic nitrogens is 1. The summed E-state index contributed by atoms with van der Waals surface area (Å²) in [7, 11) is 0. The molecule has 2 heterocycles. The number of nitrogens with zero attached hydrogens (tertiary/aromatic N) is 1. The van der Waals surface area contributed by atoms with Crippen molar-refractivity contribution in [2.45, 2.75) is 58.2 Å². The van der Waals surface area contributed by atoms with Crippen molar-refractivity contribution in [3.8, 4) is 0 Å². The minimum absolute atomic E-state index is 0.218. The first kappa shape index (κ1) is 30.5. The molecule has 3 aromatic carbocycles. The summed E-state index contributed by atoms with van der Waals surface area (Å²) >= 11 is 0. The van der Waals surface area contributed by atoms with Crippen molar-refractivity contribution in [1.29, 1.82) is 0 Å². The number of aryl methyl sites for hydroxylation is 2. The Morgan fingerprint density at radius 1 is 0.909 bits per heavy atom. The van der Waals surface area contributed by atoms with Gasteiger partial charge in [0.25, 0.3) is 0 Å². The minimum atomic E-state index is -0.892. The Morgan fingerprint density at radius 3 is 2.43 bits per heavy atom. The third-order valence-electron chi connectivity index (χ3n) is 8.15. The number of rotatable bonds is 12. The molecule has 0 radical (unpaired) electrons. The van der Waals surface area contributed by atoms with Crippen LogP contribution < -0.4 is 16.0 Å². The number of aromatic amines is 1. The molecule has 1 aliphatic heterocycles. The second-order valence-electron chi connectivity index (χ2n) is 11.2. The van der Waals surface area contributed by atoms with Gasteiger partial charge in [0.05, 0.1) is 0 Å². The Kier molecular flexibility index (Phi) is 9.74. The van der Waals surface area contributed by atoms with Crippen molar-refractivity contribution < 1.29 is 19.2 Å². The van der Waals surface area contributed by atoms with Gasteiger partial charge in [-0.2, -0.15) is 0 Å². The zero-order valence-corrected chi connectivity index (χ0v) is 25.2. The van der Waals surface area contributed by atoms with Crippen LogP contribution in [-0.4, -0.2) is 58.7 Å². The highest BCUT2D eigenvalue weighted by atomic mass is 16.2. The maximum absolute atomic E-state index is 13.6. The first-order chi connectivity index (χ1) is 21.3. The zero-order valence-electron chi connectivity index (χ0n) is 25.2. The molecule has 9 nitrogen and oxygen atoms in total. The summed E-state index contributed by atoms with van der Waals surface area (Å²) in [6.45, 7) is 4.02. The number of carbonyl (C=O) groups excluding carboxylic acids is 4. The number of fused-ring (bicyclic) bond motifs is 1. The van der Waals surface area contributed by atoms with Gasteiger partial charge in [-0.1, -0.05) is 80.6 Å². The molecular formula is C35H39N5O4. The fraction of sp³-hybridized carbons (Fsp3) is 0.314. The van der Waals surface area contributed by atoms with Gasteiger partial charge in [0.2, 0.25) is 23.6 Å². The molecule has 228 valence electrons. The maximum Gasteiger partial charge on any atom is 0.246 e. The average molecular weight is 594 g/mol. The van der Waals surface area contributed by atoms with Crippen molar-refractivity contribution >= 4 is 34.5 Å². The summed E-state index contributed by atoms with van der Waals surface area (Å²) in [4.78, 5) is 57.1. The van der Waals surface area contributed by atoms with Crippen LogP contribution in [0.2, 0.25) is 0 Å². The van der Waals surface area contributed by atoms with E-state index in [1.165, 1.54) is 16.0 Å². The zero-order chi connectivity index (χ0) is 31.1. The molecule has 4 aromatic rings. The number of amides is 4. The molecule has 4 N–H and O–H groups in total. The lowest BCUT2D eigenvalue weighted by molar-refractivity contribution is -0.146.